The van der Waals surface area contributed by atoms with E-state index < -0.39 is 0 Å². The lowest BCUT2D eigenvalue weighted by Crippen LogP contribution is -2.23. The van der Waals surface area contributed by atoms with Gasteiger partial charge in [0.1, 0.15) is 5.75 Å². The number of aliphatic hydroxyl groups is 1. The van der Waals surface area contributed by atoms with Crippen LogP contribution in [0.4, 0.5) is 0 Å². The van der Waals surface area contributed by atoms with Crippen molar-refractivity contribution in [1.29, 1.82) is 0 Å². The summed E-state index contributed by atoms with van der Waals surface area (Å²) in [5, 5.41) is 22.4. The third kappa shape index (κ3) is 3.70. The summed E-state index contributed by atoms with van der Waals surface area (Å²) < 4.78 is 0. The van der Waals surface area contributed by atoms with E-state index in [1.807, 2.05) is 30.3 Å². The van der Waals surface area contributed by atoms with Gasteiger partial charge in [0, 0.05) is 6.54 Å². The van der Waals surface area contributed by atoms with Gasteiger partial charge in [-0.1, -0.05) is 48.0 Å². The van der Waals surface area contributed by atoms with Gasteiger partial charge in [0.2, 0.25) is 0 Å². The highest BCUT2D eigenvalue weighted by Crippen LogP contribution is 2.24. The Morgan fingerprint density at radius 3 is 2.47 bits per heavy atom. The molecule has 0 aliphatic carbocycles. The number of hydrogen-bond donors (Lipinski definition) is 3. The van der Waals surface area contributed by atoms with E-state index in [0.717, 1.165) is 11.1 Å². The summed E-state index contributed by atoms with van der Waals surface area (Å²) in [7, 11) is 0. The van der Waals surface area contributed by atoms with Crippen LogP contribution in [0.3, 0.4) is 0 Å². The lowest BCUT2D eigenvalue weighted by molar-refractivity contribution is 0.243. The number of benzene rings is 2. The minimum Gasteiger partial charge on any atom is -0.506 e. The summed E-state index contributed by atoms with van der Waals surface area (Å²) in [6, 6.07) is 14.7. The zero-order valence-electron chi connectivity index (χ0n) is 10.4. The van der Waals surface area contributed by atoms with Crippen LogP contribution in [-0.2, 0) is 6.54 Å². The lowest BCUT2D eigenvalue weighted by atomic mass is 10.1. The van der Waals surface area contributed by atoms with Crippen molar-refractivity contribution in [1.82, 2.24) is 5.32 Å². The monoisotopic (exact) mass is 277 g/mol. The topological polar surface area (TPSA) is 52.5 Å². The van der Waals surface area contributed by atoms with Crippen LogP contribution >= 0.6 is 11.6 Å². The molecule has 0 heterocycles. The van der Waals surface area contributed by atoms with Gasteiger partial charge in [0.25, 0.3) is 0 Å². The standard InChI is InChI=1S/C15H16ClNO2/c16-13-8-11(6-7-15(13)19)9-17-14(10-18)12-4-2-1-3-5-12/h1-8,14,17-19H,9-10H2/t14-/m0/s1. The number of aromatic hydroxyl groups is 1. The van der Waals surface area contributed by atoms with Crippen molar-refractivity contribution in [3.63, 3.8) is 0 Å². The number of phenolic OH excluding ortho intramolecular Hbond substituents is 1. The van der Waals surface area contributed by atoms with Crippen molar-refractivity contribution in [2.24, 2.45) is 0 Å². The fourth-order valence-electron chi connectivity index (χ4n) is 1.87. The summed E-state index contributed by atoms with van der Waals surface area (Å²) in [4.78, 5) is 0. The molecule has 4 heteroatoms. The first-order valence-corrected chi connectivity index (χ1v) is 6.45. The predicted molar refractivity (Wildman–Crippen MR) is 76.2 cm³/mol. The average molecular weight is 278 g/mol. The lowest BCUT2D eigenvalue weighted by Gasteiger charge is -2.17. The zero-order valence-corrected chi connectivity index (χ0v) is 11.1. The van der Waals surface area contributed by atoms with Crippen LogP contribution in [0.25, 0.3) is 0 Å². The largest absolute Gasteiger partial charge is 0.506 e. The molecule has 0 saturated heterocycles. The van der Waals surface area contributed by atoms with Crippen LogP contribution in [-0.4, -0.2) is 16.8 Å². The number of halogens is 1. The van der Waals surface area contributed by atoms with Crippen LogP contribution in [0.2, 0.25) is 5.02 Å². The third-order valence-corrected chi connectivity index (χ3v) is 3.25. The number of rotatable bonds is 5. The Labute approximate surface area is 117 Å². The third-order valence-electron chi connectivity index (χ3n) is 2.95. The maximum Gasteiger partial charge on any atom is 0.134 e. The molecule has 2 aromatic carbocycles. The Kier molecular flexibility index (Phi) is 4.80. The fraction of sp³-hybridized carbons (Fsp3) is 0.200. The van der Waals surface area contributed by atoms with Crippen molar-refractivity contribution in [2.45, 2.75) is 12.6 Å². The molecular weight excluding hydrogens is 262 g/mol. The highest BCUT2D eigenvalue weighted by molar-refractivity contribution is 6.32. The molecule has 0 spiro atoms. The van der Waals surface area contributed by atoms with Crippen LogP contribution in [0.15, 0.2) is 48.5 Å². The molecule has 0 unspecified atom stereocenters. The Morgan fingerprint density at radius 2 is 1.84 bits per heavy atom. The van der Waals surface area contributed by atoms with E-state index in [4.69, 9.17) is 11.6 Å². The van der Waals surface area contributed by atoms with Crippen LogP contribution < -0.4 is 5.32 Å². The van der Waals surface area contributed by atoms with Crippen LogP contribution in [0.1, 0.15) is 17.2 Å². The molecule has 0 aliphatic rings. The predicted octanol–water partition coefficient (Wildman–Crippen LogP) is 2.87. The molecule has 2 aromatic rings. The van der Waals surface area contributed by atoms with E-state index in [-0.39, 0.29) is 18.4 Å². The van der Waals surface area contributed by atoms with Crippen LogP contribution in [0, 0.1) is 0 Å². The first-order chi connectivity index (χ1) is 9.20. The molecule has 3 N–H and O–H groups in total. The van der Waals surface area contributed by atoms with Gasteiger partial charge in [-0.15, -0.1) is 0 Å². The molecule has 19 heavy (non-hydrogen) atoms. The van der Waals surface area contributed by atoms with Crippen molar-refractivity contribution >= 4 is 11.6 Å². The number of hydrogen-bond acceptors (Lipinski definition) is 3. The van der Waals surface area contributed by atoms with Gasteiger partial charge in [-0.3, -0.25) is 0 Å². The molecule has 0 bridgehead atoms. The summed E-state index contributed by atoms with van der Waals surface area (Å²) in [6.07, 6.45) is 0. The minimum atomic E-state index is -0.117. The summed E-state index contributed by atoms with van der Waals surface area (Å²) in [5.41, 5.74) is 1.99. The van der Waals surface area contributed by atoms with Gasteiger partial charge in [-0.05, 0) is 23.3 Å². The average Bonchev–Trinajstić information content (AvgIpc) is 2.44. The highest BCUT2D eigenvalue weighted by Gasteiger charge is 2.09. The first-order valence-electron chi connectivity index (χ1n) is 6.07. The molecular formula is C15H16ClNO2. The second kappa shape index (κ2) is 6.57. The van der Waals surface area contributed by atoms with Crippen molar-refractivity contribution < 1.29 is 10.2 Å². The van der Waals surface area contributed by atoms with E-state index >= 15 is 0 Å². The Balaban J connectivity index is 2.02. The smallest absolute Gasteiger partial charge is 0.134 e. The van der Waals surface area contributed by atoms with Crippen molar-refractivity contribution in [3.8, 4) is 5.75 Å². The van der Waals surface area contributed by atoms with Gasteiger partial charge in [-0.25, -0.2) is 0 Å². The minimum absolute atomic E-state index is 0.0236. The Morgan fingerprint density at radius 1 is 1.11 bits per heavy atom. The highest BCUT2D eigenvalue weighted by atomic mass is 35.5. The van der Waals surface area contributed by atoms with E-state index in [9.17, 15) is 10.2 Å². The van der Waals surface area contributed by atoms with Gasteiger partial charge >= 0.3 is 0 Å². The van der Waals surface area contributed by atoms with E-state index in [1.165, 1.54) is 0 Å². The van der Waals surface area contributed by atoms with E-state index in [0.29, 0.717) is 11.6 Å². The van der Waals surface area contributed by atoms with Gasteiger partial charge < -0.3 is 15.5 Å². The SMILES string of the molecule is OC[C@H](NCc1ccc(O)c(Cl)c1)c1ccccc1. The van der Waals surface area contributed by atoms with E-state index in [2.05, 4.69) is 5.32 Å². The summed E-state index contributed by atoms with van der Waals surface area (Å²) in [5.74, 6) is 0.0761. The number of nitrogens with one attached hydrogen (secondary N) is 1. The second-order valence-electron chi connectivity index (χ2n) is 4.31. The number of aliphatic hydroxyl groups excluding tert-OH is 1. The molecule has 100 valence electrons. The first kappa shape index (κ1) is 13.9. The second-order valence-corrected chi connectivity index (χ2v) is 4.72. The molecule has 1 atom stereocenters. The summed E-state index contributed by atoms with van der Waals surface area (Å²) in [6.45, 7) is 0.593. The van der Waals surface area contributed by atoms with Gasteiger partial charge in [0.15, 0.2) is 0 Å². The van der Waals surface area contributed by atoms with Gasteiger partial charge in [-0.2, -0.15) is 0 Å². The summed E-state index contributed by atoms with van der Waals surface area (Å²) >= 11 is 5.85. The van der Waals surface area contributed by atoms with Crippen LogP contribution in [0.5, 0.6) is 5.75 Å². The Bertz CT molecular complexity index is 531. The van der Waals surface area contributed by atoms with Crippen molar-refractivity contribution in [2.75, 3.05) is 6.61 Å². The zero-order chi connectivity index (χ0) is 13.7. The maximum absolute atomic E-state index is 9.43. The fourth-order valence-corrected chi connectivity index (χ4v) is 2.08. The maximum atomic E-state index is 9.43. The van der Waals surface area contributed by atoms with Gasteiger partial charge in [0.05, 0.1) is 17.7 Å². The number of phenols is 1. The molecule has 0 radical (unpaired) electrons. The van der Waals surface area contributed by atoms with E-state index in [1.54, 1.807) is 18.2 Å². The normalized spacial score (nSPS) is 12.3. The quantitative estimate of drug-likeness (QED) is 0.788. The molecule has 0 fully saturated rings. The molecule has 0 amide bonds. The molecule has 0 aromatic heterocycles. The molecule has 2 rings (SSSR count). The molecule has 3 nitrogen and oxygen atoms in total. The van der Waals surface area contributed by atoms with Crippen molar-refractivity contribution in [3.05, 3.63) is 64.7 Å². The molecule has 0 saturated carbocycles. The Hall–Kier alpha value is -1.55. The molecule has 0 aliphatic heterocycles.